The van der Waals surface area contributed by atoms with Gasteiger partial charge >= 0.3 is 0 Å². The van der Waals surface area contributed by atoms with Crippen LogP contribution >= 0.6 is 0 Å². The number of rotatable bonds is 6. The molecule has 0 aliphatic carbocycles. The van der Waals surface area contributed by atoms with Crippen LogP contribution < -0.4 is 10.2 Å². The van der Waals surface area contributed by atoms with Crippen molar-refractivity contribution < 1.29 is 14.6 Å². The topological polar surface area (TPSA) is 115 Å². The van der Waals surface area contributed by atoms with E-state index in [9.17, 15) is 9.90 Å². The Bertz CT molecular complexity index is 879. The summed E-state index contributed by atoms with van der Waals surface area (Å²) in [7, 11) is 0. The Kier molecular flexibility index (Phi) is 4.95. The molecule has 1 aromatic heterocycles. The molecule has 9 nitrogen and oxygen atoms in total. The Morgan fingerprint density at radius 3 is 2.96 bits per heavy atom. The average Bonchev–Trinajstić information content (AvgIpc) is 3.17. The van der Waals surface area contributed by atoms with E-state index in [0.717, 1.165) is 0 Å². The summed E-state index contributed by atoms with van der Waals surface area (Å²) in [5, 5.41) is 24.3. The van der Waals surface area contributed by atoms with Gasteiger partial charge in [-0.15, -0.1) is 5.10 Å². The predicted molar refractivity (Wildman–Crippen MR) is 88.5 cm³/mol. The third kappa shape index (κ3) is 4.38. The minimum atomic E-state index is -0.431. The van der Waals surface area contributed by atoms with Crippen LogP contribution in [0.3, 0.4) is 0 Å². The van der Waals surface area contributed by atoms with Crippen LogP contribution in [0.5, 0.6) is 11.5 Å². The number of benzene rings is 2. The first-order valence-electron chi connectivity index (χ1n) is 7.28. The molecule has 126 valence electrons. The normalized spacial score (nSPS) is 10.7. The maximum Gasteiger partial charge on any atom is 0.277 e. The monoisotopic (exact) mass is 338 g/mol. The number of aromatic nitrogens is 4. The maximum absolute atomic E-state index is 11.8. The molecule has 25 heavy (non-hydrogen) atoms. The number of hydrogen-bond acceptors (Lipinski definition) is 7. The Morgan fingerprint density at radius 1 is 1.28 bits per heavy atom. The zero-order chi connectivity index (χ0) is 17.5. The fourth-order valence-corrected chi connectivity index (χ4v) is 1.95. The summed E-state index contributed by atoms with van der Waals surface area (Å²) in [6.07, 6.45) is 2.81. The smallest absolute Gasteiger partial charge is 0.277 e. The third-order valence-electron chi connectivity index (χ3n) is 3.13. The van der Waals surface area contributed by atoms with Crippen LogP contribution in [0.25, 0.3) is 5.69 Å². The van der Waals surface area contributed by atoms with Crippen molar-refractivity contribution in [3.63, 3.8) is 0 Å². The first-order chi connectivity index (χ1) is 12.2. The molecule has 1 amide bonds. The number of hydrogen-bond donors (Lipinski definition) is 2. The Hall–Kier alpha value is -3.75. The number of nitrogens with zero attached hydrogens (tertiary/aromatic N) is 5. The minimum absolute atomic E-state index is 0.0798. The largest absolute Gasteiger partial charge is 0.507 e. The number of para-hydroxylation sites is 1. The summed E-state index contributed by atoms with van der Waals surface area (Å²) in [6.45, 7) is -0.211. The predicted octanol–water partition coefficient (Wildman–Crippen LogP) is 0.897. The van der Waals surface area contributed by atoms with Crippen molar-refractivity contribution in [1.29, 1.82) is 0 Å². The number of amides is 1. The van der Waals surface area contributed by atoms with Gasteiger partial charge < -0.3 is 9.84 Å². The molecular formula is C16H14N6O3. The van der Waals surface area contributed by atoms with Crippen LogP contribution in [-0.2, 0) is 4.79 Å². The van der Waals surface area contributed by atoms with Gasteiger partial charge in [0, 0.05) is 11.6 Å². The molecule has 9 heteroatoms. The lowest BCUT2D eigenvalue weighted by Gasteiger charge is -2.06. The van der Waals surface area contributed by atoms with Gasteiger partial charge in [-0.25, -0.2) is 10.1 Å². The molecule has 0 radical (unpaired) electrons. The second-order valence-electron chi connectivity index (χ2n) is 4.89. The molecule has 0 saturated carbocycles. The molecule has 0 atom stereocenters. The van der Waals surface area contributed by atoms with Crippen molar-refractivity contribution in [2.24, 2.45) is 5.10 Å². The zero-order valence-corrected chi connectivity index (χ0v) is 13.0. The van der Waals surface area contributed by atoms with Gasteiger partial charge in [0.25, 0.3) is 5.91 Å². The van der Waals surface area contributed by atoms with Gasteiger partial charge in [-0.2, -0.15) is 5.10 Å². The molecule has 0 saturated heterocycles. The molecule has 3 aromatic rings. The van der Waals surface area contributed by atoms with E-state index in [1.54, 1.807) is 42.5 Å². The minimum Gasteiger partial charge on any atom is -0.507 e. The van der Waals surface area contributed by atoms with Crippen molar-refractivity contribution in [1.82, 2.24) is 25.6 Å². The van der Waals surface area contributed by atoms with Crippen molar-refractivity contribution in [2.75, 3.05) is 6.61 Å². The quantitative estimate of drug-likeness (QED) is 0.510. The van der Waals surface area contributed by atoms with E-state index in [2.05, 4.69) is 26.1 Å². The second kappa shape index (κ2) is 7.68. The lowest BCUT2D eigenvalue weighted by molar-refractivity contribution is -0.123. The highest BCUT2D eigenvalue weighted by molar-refractivity contribution is 5.85. The summed E-state index contributed by atoms with van der Waals surface area (Å²) in [5.41, 5.74) is 3.53. The van der Waals surface area contributed by atoms with E-state index in [0.29, 0.717) is 17.0 Å². The second-order valence-corrected chi connectivity index (χ2v) is 4.89. The van der Waals surface area contributed by atoms with E-state index in [4.69, 9.17) is 4.74 Å². The maximum atomic E-state index is 11.8. The number of ether oxygens (including phenoxy) is 1. The summed E-state index contributed by atoms with van der Waals surface area (Å²) in [6, 6.07) is 13.6. The van der Waals surface area contributed by atoms with Crippen molar-refractivity contribution in [3.05, 3.63) is 60.4 Å². The van der Waals surface area contributed by atoms with E-state index < -0.39 is 5.91 Å². The number of carbonyl (C=O) groups is 1. The number of aromatic hydroxyl groups is 1. The Morgan fingerprint density at radius 2 is 2.16 bits per heavy atom. The van der Waals surface area contributed by atoms with Crippen molar-refractivity contribution >= 4 is 12.1 Å². The molecule has 0 aliphatic heterocycles. The van der Waals surface area contributed by atoms with Gasteiger partial charge in [-0.1, -0.05) is 18.2 Å². The van der Waals surface area contributed by atoms with Crippen LogP contribution in [0.15, 0.2) is 60.0 Å². The molecule has 0 unspecified atom stereocenters. The zero-order valence-electron chi connectivity index (χ0n) is 13.0. The van der Waals surface area contributed by atoms with Crippen molar-refractivity contribution in [3.8, 4) is 17.2 Å². The molecule has 0 bridgehead atoms. The number of hydrazone groups is 1. The summed E-state index contributed by atoms with van der Waals surface area (Å²) in [4.78, 5) is 11.8. The Labute approximate surface area is 142 Å². The molecule has 3 rings (SSSR count). The molecule has 2 N–H and O–H groups in total. The average molecular weight is 338 g/mol. The van der Waals surface area contributed by atoms with Gasteiger partial charge in [0.1, 0.15) is 17.8 Å². The Balaban J connectivity index is 1.53. The van der Waals surface area contributed by atoms with Gasteiger partial charge in [0.15, 0.2) is 6.61 Å². The summed E-state index contributed by atoms with van der Waals surface area (Å²) in [5.74, 6) is 0.142. The van der Waals surface area contributed by atoms with Gasteiger partial charge in [0.05, 0.1) is 11.9 Å². The first kappa shape index (κ1) is 16.1. The SMILES string of the molecule is O=C(COc1cccc(-n2cnnn2)c1)N/N=C/c1ccccc1O. The first-order valence-corrected chi connectivity index (χ1v) is 7.28. The molecular weight excluding hydrogens is 324 g/mol. The number of carbonyl (C=O) groups excluding carboxylic acids is 1. The third-order valence-corrected chi connectivity index (χ3v) is 3.13. The van der Waals surface area contributed by atoms with Crippen LogP contribution in [0.4, 0.5) is 0 Å². The van der Waals surface area contributed by atoms with E-state index in [-0.39, 0.29) is 12.4 Å². The molecule has 0 aliphatic rings. The number of phenols is 1. The van der Waals surface area contributed by atoms with Gasteiger partial charge in [-0.05, 0) is 34.7 Å². The highest BCUT2D eigenvalue weighted by Gasteiger charge is 2.04. The molecule has 0 fully saturated rings. The molecule has 0 spiro atoms. The van der Waals surface area contributed by atoms with Crippen molar-refractivity contribution in [2.45, 2.75) is 0 Å². The van der Waals surface area contributed by atoms with Crippen LogP contribution in [0, 0.1) is 0 Å². The number of nitrogens with one attached hydrogen (secondary N) is 1. The lowest BCUT2D eigenvalue weighted by Crippen LogP contribution is -2.24. The molecule has 1 heterocycles. The van der Waals surface area contributed by atoms with Gasteiger partial charge in [-0.3, -0.25) is 4.79 Å². The fourth-order valence-electron chi connectivity index (χ4n) is 1.95. The highest BCUT2D eigenvalue weighted by atomic mass is 16.5. The van der Waals surface area contributed by atoms with Gasteiger partial charge in [0.2, 0.25) is 0 Å². The van der Waals surface area contributed by atoms with Crippen LogP contribution in [-0.4, -0.2) is 44.0 Å². The van der Waals surface area contributed by atoms with E-state index >= 15 is 0 Å². The van der Waals surface area contributed by atoms with Crippen LogP contribution in [0.2, 0.25) is 0 Å². The summed E-state index contributed by atoms with van der Waals surface area (Å²) < 4.78 is 6.89. The highest BCUT2D eigenvalue weighted by Crippen LogP contribution is 2.15. The van der Waals surface area contributed by atoms with Crippen LogP contribution in [0.1, 0.15) is 5.56 Å². The molecule has 2 aromatic carbocycles. The standard InChI is InChI=1S/C16H14N6O3/c23-15-7-2-1-4-12(15)9-17-19-16(24)10-25-14-6-3-5-13(8-14)22-11-18-20-21-22/h1-9,11,23H,10H2,(H,19,24)/b17-9+. The van der Waals surface area contributed by atoms with E-state index in [1.807, 2.05) is 0 Å². The summed E-state index contributed by atoms with van der Waals surface area (Å²) >= 11 is 0. The number of tetrazole rings is 1. The van der Waals surface area contributed by atoms with E-state index in [1.165, 1.54) is 23.3 Å². The number of phenolic OH excluding ortho intramolecular Hbond substituents is 1. The fraction of sp³-hybridized carbons (Fsp3) is 0.0625. The lowest BCUT2D eigenvalue weighted by atomic mass is 10.2.